The molecule has 30 heavy (non-hydrogen) atoms. The molecule has 0 saturated carbocycles. The Morgan fingerprint density at radius 2 is 2.03 bits per heavy atom. The summed E-state index contributed by atoms with van der Waals surface area (Å²) >= 11 is 1.36. The van der Waals surface area contributed by atoms with Crippen LogP contribution in [0, 0.1) is 6.92 Å². The van der Waals surface area contributed by atoms with Gasteiger partial charge in [0.05, 0.1) is 18.3 Å². The van der Waals surface area contributed by atoms with E-state index >= 15 is 0 Å². The Kier molecular flexibility index (Phi) is 11.9. The number of hydrogen-bond donors (Lipinski definition) is 2. The summed E-state index contributed by atoms with van der Waals surface area (Å²) in [6.45, 7) is 8.53. The van der Waals surface area contributed by atoms with Gasteiger partial charge in [0.2, 0.25) is 0 Å². The third-order valence-electron chi connectivity index (χ3n) is 4.30. The summed E-state index contributed by atoms with van der Waals surface area (Å²) in [5.41, 5.74) is 1.99. The van der Waals surface area contributed by atoms with Crippen molar-refractivity contribution in [2.75, 3.05) is 33.8 Å². The maximum atomic E-state index is 12.0. The Hall–Kier alpha value is -1.72. The molecule has 0 spiro atoms. The van der Waals surface area contributed by atoms with Crippen LogP contribution in [0.15, 0.2) is 35.3 Å². The zero-order valence-electron chi connectivity index (χ0n) is 18.3. The number of halogens is 1. The van der Waals surface area contributed by atoms with Gasteiger partial charge in [-0.05, 0) is 33.4 Å². The first-order chi connectivity index (χ1) is 13.9. The fourth-order valence-corrected chi connectivity index (χ4v) is 3.75. The van der Waals surface area contributed by atoms with Crippen molar-refractivity contribution in [3.8, 4) is 0 Å². The lowest BCUT2D eigenvalue weighted by Crippen LogP contribution is -2.41. The average Bonchev–Trinajstić information content (AvgIpc) is 3.10. The van der Waals surface area contributed by atoms with E-state index in [9.17, 15) is 4.79 Å². The molecule has 2 aromatic rings. The van der Waals surface area contributed by atoms with Gasteiger partial charge < -0.3 is 20.3 Å². The lowest BCUT2D eigenvalue weighted by molar-refractivity contribution is 0.0531. The van der Waals surface area contributed by atoms with Crippen molar-refractivity contribution in [1.82, 2.24) is 20.5 Å². The number of esters is 1. The maximum absolute atomic E-state index is 12.0. The number of rotatable bonds is 9. The largest absolute Gasteiger partial charge is 0.462 e. The van der Waals surface area contributed by atoms with Gasteiger partial charge in [0.1, 0.15) is 9.88 Å². The van der Waals surface area contributed by atoms with Gasteiger partial charge in [-0.15, -0.1) is 35.3 Å². The van der Waals surface area contributed by atoms with Crippen LogP contribution in [0.1, 0.15) is 45.8 Å². The van der Waals surface area contributed by atoms with Crippen molar-refractivity contribution in [3.05, 3.63) is 51.5 Å². The second kappa shape index (κ2) is 13.6. The maximum Gasteiger partial charge on any atom is 0.350 e. The summed E-state index contributed by atoms with van der Waals surface area (Å²) in [6.07, 6.45) is 0. The number of carbonyl (C=O) groups is 1. The van der Waals surface area contributed by atoms with Crippen LogP contribution >= 0.6 is 35.3 Å². The fourth-order valence-electron chi connectivity index (χ4n) is 2.79. The minimum absolute atomic E-state index is 0. The van der Waals surface area contributed by atoms with Gasteiger partial charge in [-0.25, -0.2) is 9.78 Å². The molecule has 0 bridgehead atoms. The Labute approximate surface area is 200 Å². The van der Waals surface area contributed by atoms with Crippen LogP contribution < -0.4 is 10.6 Å². The number of likely N-dealkylation sites (N-methyl/N-ethyl adjacent to an activating group) is 1. The van der Waals surface area contributed by atoms with Crippen molar-refractivity contribution >= 4 is 47.2 Å². The zero-order chi connectivity index (χ0) is 21.2. The van der Waals surface area contributed by atoms with Crippen molar-refractivity contribution in [3.63, 3.8) is 0 Å². The van der Waals surface area contributed by atoms with Crippen molar-refractivity contribution < 1.29 is 9.53 Å². The first kappa shape index (κ1) is 26.3. The summed E-state index contributed by atoms with van der Waals surface area (Å²) in [5, 5.41) is 7.50. The molecule has 2 N–H and O–H groups in total. The number of nitrogens with zero attached hydrogens (tertiary/aromatic N) is 3. The van der Waals surface area contributed by atoms with E-state index in [0.717, 1.165) is 24.6 Å². The number of ether oxygens (including phenoxy) is 1. The summed E-state index contributed by atoms with van der Waals surface area (Å²) in [5.74, 6) is 0.390. The molecular weight excluding hydrogens is 513 g/mol. The van der Waals surface area contributed by atoms with Gasteiger partial charge in [-0.3, -0.25) is 4.99 Å². The lowest BCUT2D eigenvalue weighted by atomic mass is 10.2. The van der Waals surface area contributed by atoms with Crippen LogP contribution in [0.3, 0.4) is 0 Å². The molecular formula is C21H32IN5O2S. The molecule has 0 fully saturated rings. The third kappa shape index (κ3) is 8.19. The van der Waals surface area contributed by atoms with Crippen LogP contribution in [-0.2, 0) is 11.3 Å². The molecule has 1 atom stereocenters. The second-order valence-corrected chi connectivity index (χ2v) is 7.81. The number of thiazole rings is 1. The third-order valence-corrected chi connectivity index (χ3v) is 5.62. The molecule has 1 aromatic carbocycles. The SMILES string of the molecule is CCOC(=O)c1sc(C(C)NC(=NC)NCCN(C)Cc2ccccc2)nc1C.I. The molecule has 0 amide bonds. The highest BCUT2D eigenvalue weighted by Crippen LogP contribution is 2.24. The van der Waals surface area contributed by atoms with Gasteiger partial charge in [0, 0.05) is 26.7 Å². The molecule has 2 rings (SSSR count). The topological polar surface area (TPSA) is 78.8 Å². The van der Waals surface area contributed by atoms with Gasteiger partial charge in [0.15, 0.2) is 5.96 Å². The Bertz CT molecular complexity index is 813. The van der Waals surface area contributed by atoms with E-state index in [1.54, 1.807) is 14.0 Å². The summed E-state index contributed by atoms with van der Waals surface area (Å²) in [7, 11) is 3.84. The molecule has 1 heterocycles. The number of nitrogens with one attached hydrogen (secondary N) is 2. The number of carbonyl (C=O) groups excluding carboxylic acids is 1. The molecule has 0 aliphatic heterocycles. The monoisotopic (exact) mass is 545 g/mol. The first-order valence-electron chi connectivity index (χ1n) is 9.78. The van der Waals surface area contributed by atoms with Gasteiger partial charge in [-0.2, -0.15) is 0 Å². The standard InChI is InChI=1S/C21H31N5O2S.HI/c1-6-28-20(27)18-15(2)24-19(29-18)16(3)25-21(22-4)23-12-13-26(5)14-17-10-8-7-9-11-17;/h7-11,16H,6,12-14H2,1-5H3,(H2,22,23,25);1H. The normalized spacial score (nSPS) is 12.3. The van der Waals surface area contributed by atoms with Crippen LogP contribution in [0.4, 0.5) is 0 Å². The van der Waals surface area contributed by atoms with E-state index in [4.69, 9.17) is 4.74 Å². The van der Waals surface area contributed by atoms with Gasteiger partial charge in [-0.1, -0.05) is 30.3 Å². The van der Waals surface area contributed by atoms with Gasteiger partial charge in [0.25, 0.3) is 0 Å². The minimum atomic E-state index is -0.315. The summed E-state index contributed by atoms with van der Waals surface area (Å²) in [6, 6.07) is 10.3. The lowest BCUT2D eigenvalue weighted by Gasteiger charge is -2.20. The van der Waals surface area contributed by atoms with Crippen LogP contribution in [-0.4, -0.2) is 55.6 Å². The number of hydrogen-bond acceptors (Lipinski definition) is 6. The molecule has 0 aliphatic rings. The van der Waals surface area contributed by atoms with Crippen LogP contribution in [0.25, 0.3) is 0 Å². The van der Waals surface area contributed by atoms with Crippen molar-refractivity contribution in [2.24, 2.45) is 4.99 Å². The van der Waals surface area contributed by atoms with Crippen LogP contribution in [0.2, 0.25) is 0 Å². The van der Waals surface area contributed by atoms with E-state index in [-0.39, 0.29) is 36.0 Å². The molecule has 0 saturated heterocycles. The molecule has 1 unspecified atom stereocenters. The smallest absolute Gasteiger partial charge is 0.350 e. The minimum Gasteiger partial charge on any atom is -0.462 e. The van der Waals surface area contributed by atoms with E-state index < -0.39 is 0 Å². The van der Waals surface area contributed by atoms with Crippen LogP contribution in [0.5, 0.6) is 0 Å². The number of aliphatic imine (C=N–C) groups is 1. The molecule has 7 nitrogen and oxygen atoms in total. The highest BCUT2D eigenvalue weighted by molar-refractivity contribution is 14.0. The quantitative estimate of drug-likeness (QED) is 0.217. The zero-order valence-corrected chi connectivity index (χ0v) is 21.4. The predicted molar refractivity (Wildman–Crippen MR) is 134 cm³/mol. The summed E-state index contributed by atoms with van der Waals surface area (Å²) in [4.78, 5) is 23.6. The van der Waals surface area contributed by atoms with Crippen molar-refractivity contribution in [2.45, 2.75) is 33.4 Å². The highest BCUT2D eigenvalue weighted by atomic mass is 127. The Morgan fingerprint density at radius 1 is 1.33 bits per heavy atom. The number of benzene rings is 1. The average molecular weight is 545 g/mol. The van der Waals surface area contributed by atoms with Gasteiger partial charge >= 0.3 is 5.97 Å². The van der Waals surface area contributed by atoms with Crippen molar-refractivity contribution in [1.29, 1.82) is 0 Å². The molecule has 0 aliphatic carbocycles. The predicted octanol–water partition coefficient (Wildman–Crippen LogP) is 3.60. The Morgan fingerprint density at radius 3 is 2.67 bits per heavy atom. The highest BCUT2D eigenvalue weighted by Gasteiger charge is 2.20. The molecule has 9 heteroatoms. The van der Waals surface area contributed by atoms with E-state index in [1.807, 2.05) is 19.9 Å². The number of aryl methyl sites for hydroxylation is 1. The van der Waals surface area contributed by atoms with E-state index in [2.05, 4.69) is 56.8 Å². The van der Waals surface area contributed by atoms with E-state index in [1.165, 1.54) is 16.9 Å². The first-order valence-corrected chi connectivity index (χ1v) is 10.6. The number of guanidine groups is 1. The molecule has 0 radical (unpaired) electrons. The number of aromatic nitrogens is 1. The fraction of sp³-hybridized carbons (Fsp3) is 0.476. The molecule has 166 valence electrons. The molecule has 1 aromatic heterocycles. The second-order valence-electron chi connectivity index (χ2n) is 6.78. The summed E-state index contributed by atoms with van der Waals surface area (Å²) < 4.78 is 5.09. The van der Waals surface area contributed by atoms with E-state index in [0.29, 0.717) is 23.1 Å². The Balaban J connectivity index is 0.00000450.